The van der Waals surface area contributed by atoms with E-state index in [1.807, 2.05) is 0 Å². The van der Waals surface area contributed by atoms with Crippen molar-refractivity contribution in [1.82, 2.24) is 5.32 Å². The molecule has 0 radical (unpaired) electrons. The third-order valence-corrected chi connectivity index (χ3v) is 2.26. The Hall–Kier alpha value is -1.23. The summed E-state index contributed by atoms with van der Waals surface area (Å²) in [4.78, 5) is 0. The van der Waals surface area contributed by atoms with Crippen LogP contribution in [0, 0.1) is 0 Å². The van der Waals surface area contributed by atoms with Crippen molar-refractivity contribution in [2.24, 2.45) is 0 Å². The number of alkyl halides is 3. The molecule has 1 aromatic rings. The van der Waals surface area contributed by atoms with Crippen molar-refractivity contribution >= 4 is 0 Å². The highest BCUT2D eigenvalue weighted by Crippen LogP contribution is 2.39. The zero-order valence-corrected chi connectivity index (χ0v) is 7.10. The van der Waals surface area contributed by atoms with Crippen LogP contribution in [0.3, 0.4) is 0 Å². The van der Waals surface area contributed by atoms with Crippen LogP contribution in [0.15, 0.2) is 18.2 Å². The van der Waals surface area contributed by atoms with Crippen LogP contribution in [-0.4, -0.2) is 11.3 Å². The molecule has 0 aromatic heterocycles. The van der Waals surface area contributed by atoms with E-state index in [0.29, 0.717) is 5.56 Å². The van der Waals surface area contributed by atoms with Gasteiger partial charge in [0, 0.05) is 6.54 Å². The molecule has 2 N–H and O–H groups in total. The second-order valence-electron chi connectivity index (χ2n) is 3.24. The predicted octanol–water partition coefficient (Wildman–Crippen LogP) is 2.10. The lowest BCUT2D eigenvalue weighted by Gasteiger charge is -2.15. The fraction of sp³-hybridized carbons (Fsp3) is 0.333. The summed E-state index contributed by atoms with van der Waals surface area (Å²) in [6, 6.07) is 2.40. The molecule has 2 nitrogen and oxygen atoms in total. The van der Waals surface area contributed by atoms with Gasteiger partial charge in [-0.05, 0) is 23.3 Å². The molecule has 14 heavy (non-hydrogen) atoms. The Kier molecular flexibility index (Phi) is 1.92. The lowest BCUT2D eigenvalue weighted by Crippen LogP contribution is -2.28. The predicted molar refractivity (Wildman–Crippen MR) is 43.7 cm³/mol. The molecule has 0 bridgehead atoms. The molecule has 0 fully saturated rings. The summed E-state index contributed by atoms with van der Waals surface area (Å²) < 4.78 is 37.3. The minimum atomic E-state index is -4.31. The van der Waals surface area contributed by atoms with Crippen LogP contribution in [-0.2, 0) is 6.54 Å². The quantitative estimate of drug-likeness (QED) is 0.676. The van der Waals surface area contributed by atoms with Crippen molar-refractivity contribution in [2.45, 2.75) is 18.8 Å². The van der Waals surface area contributed by atoms with Gasteiger partial charge in [0.05, 0.1) is 0 Å². The van der Waals surface area contributed by atoms with E-state index in [0.717, 1.165) is 6.07 Å². The van der Waals surface area contributed by atoms with Gasteiger partial charge in [-0.15, -0.1) is 0 Å². The number of rotatable bonds is 0. The SMILES string of the molecule is Oc1ccc2c(c1)C(C(F)(F)F)NC2. The Morgan fingerprint density at radius 2 is 2.07 bits per heavy atom. The third kappa shape index (κ3) is 1.43. The highest BCUT2D eigenvalue weighted by molar-refractivity contribution is 5.40. The number of phenols is 1. The average Bonchev–Trinajstić information content (AvgIpc) is 2.45. The van der Waals surface area contributed by atoms with Gasteiger partial charge >= 0.3 is 6.18 Å². The maximum atomic E-state index is 12.4. The van der Waals surface area contributed by atoms with Crippen LogP contribution < -0.4 is 5.32 Å². The molecule has 0 spiro atoms. The normalized spacial score (nSPS) is 20.9. The molecule has 0 saturated heterocycles. The fourth-order valence-corrected chi connectivity index (χ4v) is 1.63. The topological polar surface area (TPSA) is 32.3 Å². The van der Waals surface area contributed by atoms with Crippen molar-refractivity contribution < 1.29 is 18.3 Å². The maximum absolute atomic E-state index is 12.4. The highest BCUT2D eigenvalue weighted by Gasteiger charge is 2.44. The molecule has 0 aliphatic carbocycles. The van der Waals surface area contributed by atoms with E-state index >= 15 is 0 Å². The van der Waals surface area contributed by atoms with Crippen molar-refractivity contribution in [1.29, 1.82) is 0 Å². The van der Waals surface area contributed by atoms with Gasteiger partial charge in [0.25, 0.3) is 0 Å². The Bertz CT molecular complexity index is 362. The number of hydrogen-bond donors (Lipinski definition) is 2. The molecule has 1 aromatic carbocycles. The molecular weight excluding hydrogens is 195 g/mol. The van der Waals surface area contributed by atoms with E-state index in [1.165, 1.54) is 12.1 Å². The summed E-state index contributed by atoms with van der Waals surface area (Å²) >= 11 is 0. The number of hydrogen-bond acceptors (Lipinski definition) is 2. The van der Waals surface area contributed by atoms with E-state index < -0.39 is 12.2 Å². The lowest BCUT2D eigenvalue weighted by atomic mass is 10.0. The fourth-order valence-electron chi connectivity index (χ4n) is 1.63. The highest BCUT2D eigenvalue weighted by atomic mass is 19.4. The van der Waals surface area contributed by atoms with Gasteiger partial charge in [-0.2, -0.15) is 13.2 Å². The molecule has 0 amide bonds. The monoisotopic (exact) mass is 203 g/mol. The molecule has 76 valence electrons. The summed E-state index contributed by atoms with van der Waals surface area (Å²) in [5, 5.41) is 11.4. The maximum Gasteiger partial charge on any atom is 0.407 e. The number of aromatic hydroxyl groups is 1. The van der Waals surface area contributed by atoms with E-state index in [4.69, 9.17) is 5.11 Å². The summed E-state index contributed by atoms with van der Waals surface area (Å²) in [6.07, 6.45) is -4.31. The van der Waals surface area contributed by atoms with Crippen LogP contribution in [0.25, 0.3) is 0 Å². The van der Waals surface area contributed by atoms with Gasteiger partial charge < -0.3 is 5.11 Å². The summed E-state index contributed by atoms with van der Waals surface area (Å²) in [7, 11) is 0. The molecular formula is C9H8F3NO. The van der Waals surface area contributed by atoms with Gasteiger partial charge in [0.1, 0.15) is 11.8 Å². The zero-order valence-electron chi connectivity index (χ0n) is 7.10. The van der Waals surface area contributed by atoms with Crippen molar-refractivity contribution in [2.75, 3.05) is 0 Å². The van der Waals surface area contributed by atoms with Crippen LogP contribution in [0.1, 0.15) is 17.2 Å². The van der Waals surface area contributed by atoms with Crippen molar-refractivity contribution in [3.8, 4) is 5.75 Å². The van der Waals surface area contributed by atoms with Gasteiger partial charge in [0.15, 0.2) is 0 Å². The Morgan fingerprint density at radius 1 is 1.36 bits per heavy atom. The third-order valence-electron chi connectivity index (χ3n) is 2.26. The average molecular weight is 203 g/mol. The van der Waals surface area contributed by atoms with Crippen molar-refractivity contribution in [3.05, 3.63) is 29.3 Å². The minimum Gasteiger partial charge on any atom is -0.508 e. The Morgan fingerprint density at radius 3 is 2.71 bits per heavy atom. The van der Waals surface area contributed by atoms with E-state index in [-0.39, 0.29) is 17.9 Å². The smallest absolute Gasteiger partial charge is 0.407 e. The molecule has 1 atom stereocenters. The van der Waals surface area contributed by atoms with Crippen LogP contribution in [0.4, 0.5) is 13.2 Å². The van der Waals surface area contributed by atoms with E-state index in [9.17, 15) is 13.2 Å². The number of nitrogens with one attached hydrogen (secondary N) is 1. The second kappa shape index (κ2) is 2.88. The van der Waals surface area contributed by atoms with Gasteiger partial charge in [-0.25, -0.2) is 0 Å². The first-order valence-electron chi connectivity index (χ1n) is 4.10. The lowest BCUT2D eigenvalue weighted by molar-refractivity contribution is -0.155. The van der Waals surface area contributed by atoms with Crippen LogP contribution in [0.5, 0.6) is 5.75 Å². The first-order chi connectivity index (χ1) is 6.48. The van der Waals surface area contributed by atoms with E-state index in [2.05, 4.69) is 5.32 Å². The number of fused-ring (bicyclic) bond motifs is 1. The number of phenolic OH excluding ortho intramolecular Hbond substituents is 1. The van der Waals surface area contributed by atoms with Crippen molar-refractivity contribution in [3.63, 3.8) is 0 Å². The molecule has 1 unspecified atom stereocenters. The number of benzene rings is 1. The zero-order chi connectivity index (χ0) is 10.3. The van der Waals surface area contributed by atoms with Gasteiger partial charge in [-0.1, -0.05) is 6.07 Å². The molecule has 0 saturated carbocycles. The first-order valence-corrected chi connectivity index (χ1v) is 4.10. The van der Waals surface area contributed by atoms with Crippen LogP contribution in [0.2, 0.25) is 0 Å². The molecule has 2 rings (SSSR count). The van der Waals surface area contributed by atoms with Crippen LogP contribution >= 0.6 is 0 Å². The van der Waals surface area contributed by atoms with E-state index in [1.54, 1.807) is 0 Å². The minimum absolute atomic E-state index is 0.123. The standard InChI is InChI=1S/C9H8F3NO/c10-9(11,12)8-7-3-6(14)2-1-5(7)4-13-8/h1-3,8,13-14H,4H2. The Labute approximate surface area is 78.4 Å². The molecule has 1 aliphatic rings. The Balaban J connectivity index is 2.43. The largest absolute Gasteiger partial charge is 0.508 e. The molecule has 5 heteroatoms. The van der Waals surface area contributed by atoms with Gasteiger partial charge in [-0.3, -0.25) is 5.32 Å². The molecule has 1 heterocycles. The summed E-state index contributed by atoms with van der Waals surface area (Å²) in [5.74, 6) is -0.137. The summed E-state index contributed by atoms with van der Waals surface area (Å²) in [6.45, 7) is 0.194. The number of halogens is 3. The second-order valence-corrected chi connectivity index (χ2v) is 3.24. The first kappa shape index (κ1) is 9.33. The van der Waals surface area contributed by atoms with Gasteiger partial charge in [0.2, 0.25) is 0 Å². The molecule has 1 aliphatic heterocycles. The summed E-state index contributed by atoms with van der Waals surface area (Å²) in [5.41, 5.74) is 0.711.